The zero-order valence-electron chi connectivity index (χ0n) is 18.5. The minimum absolute atomic E-state index is 0.790. The second kappa shape index (κ2) is 10.1. The Morgan fingerprint density at radius 1 is 0.348 bits per heavy atom. The number of rotatable bonds is 10. The van der Waals surface area contributed by atoms with Crippen LogP contribution in [0.1, 0.15) is 89.5 Å². The number of hydrogen-bond acceptors (Lipinski definition) is 0. The van der Waals surface area contributed by atoms with E-state index in [-0.39, 0.29) is 0 Å². The van der Waals surface area contributed by atoms with E-state index in [2.05, 4.69) is 83.1 Å². The summed E-state index contributed by atoms with van der Waals surface area (Å²) in [5.74, 6) is 8.12. The monoisotopic (exact) mass is 324 g/mol. The number of hydrogen-bond donors (Lipinski definition) is 0. The van der Waals surface area contributed by atoms with E-state index in [1.807, 2.05) is 0 Å². The molecule has 0 saturated carbocycles. The summed E-state index contributed by atoms with van der Waals surface area (Å²) >= 11 is 0. The van der Waals surface area contributed by atoms with Gasteiger partial charge in [0, 0.05) is 0 Å². The van der Waals surface area contributed by atoms with Gasteiger partial charge in [0.25, 0.3) is 0 Å². The molecule has 8 unspecified atom stereocenters. The normalized spacial score (nSPS) is 23.2. The van der Waals surface area contributed by atoms with Crippen LogP contribution in [-0.4, -0.2) is 0 Å². The second-order valence-electron chi connectivity index (χ2n) is 9.83. The molecule has 0 aromatic rings. The van der Waals surface area contributed by atoms with Crippen LogP contribution in [0.2, 0.25) is 0 Å². The Morgan fingerprint density at radius 3 is 1.04 bits per heavy atom. The van der Waals surface area contributed by atoms with Crippen LogP contribution in [0.4, 0.5) is 0 Å². The summed E-state index contributed by atoms with van der Waals surface area (Å²) in [7, 11) is 0. The van der Waals surface area contributed by atoms with Crippen molar-refractivity contribution >= 4 is 0 Å². The molecule has 0 rings (SSSR count). The first-order chi connectivity index (χ1) is 10.4. The van der Waals surface area contributed by atoms with Gasteiger partial charge >= 0.3 is 0 Å². The summed E-state index contributed by atoms with van der Waals surface area (Å²) in [4.78, 5) is 0. The fourth-order valence-electron chi connectivity index (χ4n) is 4.11. The van der Waals surface area contributed by atoms with Gasteiger partial charge in [0.2, 0.25) is 0 Å². The highest BCUT2D eigenvalue weighted by molar-refractivity contribution is 4.81. The predicted octanol–water partition coefficient (Wildman–Crippen LogP) is 7.78. The molecule has 0 saturated heterocycles. The van der Waals surface area contributed by atoms with Gasteiger partial charge in [0.15, 0.2) is 0 Å². The Kier molecular flexibility index (Phi) is 10.1. The van der Waals surface area contributed by atoms with Crippen LogP contribution in [0.15, 0.2) is 0 Å². The maximum absolute atomic E-state index is 2.51. The fourth-order valence-corrected chi connectivity index (χ4v) is 4.11. The minimum atomic E-state index is 0.790. The summed E-state index contributed by atoms with van der Waals surface area (Å²) in [6, 6.07) is 0. The van der Waals surface area contributed by atoms with Gasteiger partial charge in [0.1, 0.15) is 0 Å². The highest BCUT2D eigenvalue weighted by Gasteiger charge is 2.32. The minimum Gasteiger partial charge on any atom is -0.0625 e. The topological polar surface area (TPSA) is 0 Å². The summed E-state index contributed by atoms with van der Waals surface area (Å²) in [5, 5.41) is 0. The van der Waals surface area contributed by atoms with Crippen LogP contribution in [0.3, 0.4) is 0 Å². The van der Waals surface area contributed by atoms with Gasteiger partial charge in [0.05, 0.1) is 0 Å². The highest BCUT2D eigenvalue weighted by atomic mass is 14.4. The maximum Gasteiger partial charge on any atom is -0.0386 e. The highest BCUT2D eigenvalue weighted by Crippen LogP contribution is 2.39. The average molecular weight is 325 g/mol. The van der Waals surface area contributed by atoms with Crippen LogP contribution in [0.5, 0.6) is 0 Å². The molecule has 0 amide bonds. The van der Waals surface area contributed by atoms with Gasteiger partial charge in [-0.15, -0.1) is 0 Å². The molecular weight excluding hydrogens is 276 g/mol. The predicted molar refractivity (Wildman–Crippen MR) is 108 cm³/mol. The van der Waals surface area contributed by atoms with Gasteiger partial charge in [-0.05, 0) is 65.6 Å². The summed E-state index contributed by atoms with van der Waals surface area (Å²) in [6.45, 7) is 29.3. The lowest BCUT2D eigenvalue weighted by Gasteiger charge is -2.39. The van der Waals surface area contributed by atoms with Crippen LogP contribution in [-0.2, 0) is 0 Å². The molecule has 0 aliphatic carbocycles. The van der Waals surface area contributed by atoms with Gasteiger partial charge in [-0.2, -0.15) is 0 Å². The van der Waals surface area contributed by atoms with E-state index in [0.29, 0.717) is 0 Å². The Balaban J connectivity index is 4.76. The molecule has 8 atom stereocenters. The van der Waals surface area contributed by atoms with Crippen LogP contribution in [0, 0.1) is 59.2 Å². The van der Waals surface area contributed by atoms with Crippen molar-refractivity contribution in [1.82, 2.24) is 0 Å². The van der Waals surface area contributed by atoms with E-state index in [1.165, 1.54) is 6.42 Å². The molecule has 0 aliphatic heterocycles. The van der Waals surface area contributed by atoms with Gasteiger partial charge in [-0.1, -0.05) is 83.1 Å². The zero-order chi connectivity index (χ0) is 18.5. The van der Waals surface area contributed by atoms with Crippen molar-refractivity contribution in [3.63, 3.8) is 0 Å². The molecule has 0 heteroatoms. The van der Waals surface area contributed by atoms with Crippen LogP contribution >= 0.6 is 0 Å². The lowest BCUT2D eigenvalue weighted by atomic mass is 9.66. The van der Waals surface area contributed by atoms with E-state index in [4.69, 9.17) is 0 Å². The van der Waals surface area contributed by atoms with Gasteiger partial charge in [-0.3, -0.25) is 0 Å². The third-order valence-corrected chi connectivity index (χ3v) is 7.98. The Hall–Kier alpha value is 0. The first kappa shape index (κ1) is 23.0. The van der Waals surface area contributed by atoms with Gasteiger partial charge < -0.3 is 0 Å². The lowest BCUT2D eigenvalue weighted by molar-refractivity contribution is 0.0982. The fraction of sp³-hybridized carbons (Fsp3) is 1.00. The van der Waals surface area contributed by atoms with E-state index in [0.717, 1.165) is 59.2 Å². The summed E-state index contributed by atoms with van der Waals surface area (Å²) in [5.41, 5.74) is 0. The second-order valence-corrected chi connectivity index (χ2v) is 9.83. The van der Waals surface area contributed by atoms with Crippen molar-refractivity contribution in [2.24, 2.45) is 59.2 Å². The molecule has 0 spiro atoms. The van der Waals surface area contributed by atoms with E-state index < -0.39 is 0 Å². The van der Waals surface area contributed by atoms with Crippen molar-refractivity contribution in [2.75, 3.05) is 0 Å². The molecule has 140 valence electrons. The van der Waals surface area contributed by atoms with Crippen molar-refractivity contribution in [3.8, 4) is 0 Å². The lowest BCUT2D eigenvalue weighted by Crippen LogP contribution is -2.32. The molecule has 0 radical (unpaired) electrons. The molecule has 0 aromatic heterocycles. The van der Waals surface area contributed by atoms with E-state index >= 15 is 0 Å². The molecule has 0 aromatic carbocycles. The maximum atomic E-state index is 2.51. The van der Waals surface area contributed by atoms with Crippen molar-refractivity contribution in [1.29, 1.82) is 0 Å². The first-order valence-corrected chi connectivity index (χ1v) is 10.4. The molecule has 0 aliphatic rings. The Bertz CT molecular complexity index is 303. The molecular formula is C23H48. The van der Waals surface area contributed by atoms with Crippen LogP contribution < -0.4 is 0 Å². The van der Waals surface area contributed by atoms with Crippen LogP contribution in [0.25, 0.3) is 0 Å². The molecule has 23 heavy (non-hydrogen) atoms. The molecule has 0 N–H and O–H groups in total. The van der Waals surface area contributed by atoms with Crippen molar-refractivity contribution < 1.29 is 0 Å². The Labute approximate surface area is 149 Å². The standard InChI is InChI=1S/C23H48/c1-14(2)16(5)13-17(6)19(8)21(10)23(12)22(11)20(9)18(7)15(3)4/h14-23H,13H2,1-12H3. The van der Waals surface area contributed by atoms with E-state index in [9.17, 15) is 0 Å². The summed E-state index contributed by atoms with van der Waals surface area (Å²) < 4.78 is 0. The summed E-state index contributed by atoms with van der Waals surface area (Å²) in [6.07, 6.45) is 1.38. The quantitative estimate of drug-likeness (QED) is 0.385. The van der Waals surface area contributed by atoms with Crippen molar-refractivity contribution in [2.45, 2.75) is 89.5 Å². The molecule has 0 bridgehead atoms. The zero-order valence-corrected chi connectivity index (χ0v) is 18.5. The smallest absolute Gasteiger partial charge is 0.0386 e. The molecule has 0 fully saturated rings. The van der Waals surface area contributed by atoms with Crippen molar-refractivity contribution in [3.05, 3.63) is 0 Å². The van der Waals surface area contributed by atoms with E-state index in [1.54, 1.807) is 0 Å². The third kappa shape index (κ3) is 6.79. The SMILES string of the molecule is CC(C)C(C)CC(C)C(C)C(C)C(C)C(C)C(C)C(C)C(C)C. The molecule has 0 nitrogen and oxygen atoms in total. The largest absolute Gasteiger partial charge is 0.0625 e. The van der Waals surface area contributed by atoms with Gasteiger partial charge in [-0.25, -0.2) is 0 Å². The first-order valence-electron chi connectivity index (χ1n) is 10.4. The Morgan fingerprint density at radius 2 is 0.696 bits per heavy atom. The average Bonchev–Trinajstić information content (AvgIpc) is 2.49. The molecule has 0 heterocycles. The third-order valence-electron chi connectivity index (χ3n) is 7.98.